The molecule has 5 nitrogen and oxygen atoms in total. The molecule has 2 rings (SSSR count). The Morgan fingerprint density at radius 1 is 1.20 bits per heavy atom. The Balaban J connectivity index is 2.26. The van der Waals surface area contributed by atoms with Crippen LogP contribution in [0, 0.1) is 0 Å². The normalized spacial score (nSPS) is 11.1. The Morgan fingerprint density at radius 2 is 1.85 bits per heavy atom. The number of halogens is 1. The van der Waals surface area contributed by atoms with Gasteiger partial charge in [-0.25, -0.2) is 8.42 Å². The molecule has 0 radical (unpaired) electrons. The van der Waals surface area contributed by atoms with Crippen molar-refractivity contribution < 1.29 is 13.2 Å². The molecule has 0 saturated heterocycles. The van der Waals surface area contributed by atoms with Gasteiger partial charge in [0.1, 0.15) is 4.88 Å². The molecule has 0 spiro atoms. The van der Waals surface area contributed by atoms with Gasteiger partial charge in [0.15, 0.2) is 0 Å². The van der Waals surface area contributed by atoms with E-state index in [1.165, 1.54) is 11.3 Å². The molecule has 8 heteroatoms. The van der Waals surface area contributed by atoms with Gasteiger partial charge in [-0.3, -0.25) is 9.52 Å². The number of carbonyl (C=O) groups is 1. The summed E-state index contributed by atoms with van der Waals surface area (Å²) >= 11 is 4.58. The summed E-state index contributed by atoms with van der Waals surface area (Å²) in [4.78, 5) is 12.6. The molecule has 1 aromatic heterocycles. The molecule has 1 aromatic carbocycles. The Bertz CT molecular complexity index is 741. The van der Waals surface area contributed by atoms with Crippen LogP contribution >= 0.6 is 27.3 Å². The topological polar surface area (TPSA) is 75.3 Å². The molecule has 0 fully saturated rings. The van der Waals surface area contributed by atoms with E-state index in [1.807, 2.05) is 0 Å². The molecule has 2 aromatic rings. The number of thiophene rings is 1. The fourth-order valence-electron chi connectivity index (χ4n) is 1.52. The van der Waals surface area contributed by atoms with Gasteiger partial charge in [-0.15, -0.1) is 11.3 Å². The van der Waals surface area contributed by atoms with E-state index in [0.29, 0.717) is 20.7 Å². The van der Waals surface area contributed by atoms with E-state index in [4.69, 9.17) is 0 Å². The Labute approximate surface area is 129 Å². The van der Waals surface area contributed by atoms with Crippen LogP contribution in [0.4, 0.5) is 11.4 Å². The van der Waals surface area contributed by atoms with Crippen LogP contribution < -0.4 is 10.0 Å². The van der Waals surface area contributed by atoms with Crippen molar-refractivity contribution in [2.45, 2.75) is 0 Å². The summed E-state index contributed by atoms with van der Waals surface area (Å²) in [6.45, 7) is 0. The SMILES string of the molecule is CS(=O)(=O)Nc1ccccc1NC(=O)c1sccc1Br. The highest BCUT2D eigenvalue weighted by atomic mass is 79.9. The van der Waals surface area contributed by atoms with E-state index >= 15 is 0 Å². The van der Waals surface area contributed by atoms with Crippen LogP contribution in [0.1, 0.15) is 9.67 Å². The quantitative estimate of drug-likeness (QED) is 0.862. The summed E-state index contributed by atoms with van der Waals surface area (Å²) in [5, 5.41) is 4.48. The molecule has 1 amide bonds. The average molecular weight is 375 g/mol. The lowest BCUT2D eigenvalue weighted by Crippen LogP contribution is -2.15. The standard InChI is InChI=1S/C12H11BrN2O3S2/c1-20(17,18)15-10-5-3-2-4-9(10)14-12(16)11-8(13)6-7-19-11/h2-7,15H,1H3,(H,14,16). The molecule has 0 aliphatic rings. The Kier molecular flexibility index (Phi) is 4.46. The van der Waals surface area contributed by atoms with Gasteiger partial charge in [-0.2, -0.15) is 0 Å². The number of nitrogens with one attached hydrogen (secondary N) is 2. The maximum absolute atomic E-state index is 12.1. The number of rotatable bonds is 4. The van der Waals surface area contributed by atoms with Crippen molar-refractivity contribution in [3.8, 4) is 0 Å². The zero-order valence-corrected chi connectivity index (χ0v) is 13.6. The van der Waals surface area contributed by atoms with Gasteiger partial charge < -0.3 is 5.32 Å². The molecule has 0 aliphatic carbocycles. The summed E-state index contributed by atoms with van der Waals surface area (Å²) in [5.41, 5.74) is 0.735. The molecule has 0 bridgehead atoms. The van der Waals surface area contributed by atoms with Gasteiger partial charge in [0, 0.05) is 4.47 Å². The fourth-order valence-corrected chi connectivity index (χ4v) is 3.54. The van der Waals surface area contributed by atoms with Crippen LogP contribution in [0.3, 0.4) is 0 Å². The van der Waals surface area contributed by atoms with Gasteiger partial charge >= 0.3 is 0 Å². The summed E-state index contributed by atoms with van der Waals surface area (Å²) < 4.78 is 25.7. The van der Waals surface area contributed by atoms with Crippen LogP contribution in [0.15, 0.2) is 40.2 Å². The van der Waals surface area contributed by atoms with Crippen LogP contribution in [0.25, 0.3) is 0 Å². The number of para-hydroxylation sites is 2. The lowest BCUT2D eigenvalue weighted by Gasteiger charge is -2.11. The lowest BCUT2D eigenvalue weighted by molar-refractivity contribution is 0.103. The highest BCUT2D eigenvalue weighted by molar-refractivity contribution is 9.10. The molecule has 1 heterocycles. The number of sulfonamides is 1. The molecular formula is C12H11BrN2O3S2. The first-order chi connectivity index (χ1) is 9.37. The van der Waals surface area contributed by atoms with E-state index in [9.17, 15) is 13.2 Å². The average Bonchev–Trinajstić information content (AvgIpc) is 2.76. The minimum atomic E-state index is -3.41. The third-order valence-corrected chi connectivity index (χ3v) is 4.72. The first-order valence-corrected chi connectivity index (χ1v) is 9.04. The Morgan fingerprint density at radius 3 is 2.40 bits per heavy atom. The second-order valence-corrected chi connectivity index (χ2v) is 7.49. The molecule has 0 unspecified atom stereocenters. The van der Waals surface area contributed by atoms with Crippen molar-refractivity contribution in [2.75, 3.05) is 16.3 Å². The summed E-state index contributed by atoms with van der Waals surface area (Å²) in [6.07, 6.45) is 1.06. The predicted octanol–water partition coefficient (Wildman–Crippen LogP) is 3.13. The smallest absolute Gasteiger partial charge is 0.266 e. The first-order valence-electron chi connectivity index (χ1n) is 5.48. The molecule has 0 atom stereocenters. The van der Waals surface area contributed by atoms with Crippen molar-refractivity contribution in [3.63, 3.8) is 0 Å². The molecule has 0 aliphatic heterocycles. The fraction of sp³-hybridized carbons (Fsp3) is 0.0833. The minimum Gasteiger partial charge on any atom is -0.319 e. The van der Waals surface area contributed by atoms with Gasteiger partial charge in [0.25, 0.3) is 5.91 Å². The van der Waals surface area contributed by atoms with Crippen molar-refractivity contribution in [1.29, 1.82) is 0 Å². The maximum atomic E-state index is 12.1. The molecular weight excluding hydrogens is 364 g/mol. The zero-order chi connectivity index (χ0) is 14.8. The predicted molar refractivity (Wildman–Crippen MR) is 84.9 cm³/mol. The molecule has 20 heavy (non-hydrogen) atoms. The number of amides is 1. The largest absolute Gasteiger partial charge is 0.319 e. The lowest BCUT2D eigenvalue weighted by atomic mass is 10.2. The van der Waals surface area contributed by atoms with Gasteiger partial charge in [-0.05, 0) is 39.5 Å². The Hall–Kier alpha value is -1.38. The maximum Gasteiger partial charge on any atom is 0.266 e. The summed E-state index contributed by atoms with van der Waals surface area (Å²) in [7, 11) is -3.41. The van der Waals surface area contributed by atoms with E-state index in [1.54, 1.807) is 35.7 Å². The molecule has 106 valence electrons. The van der Waals surface area contributed by atoms with Crippen LogP contribution in [-0.4, -0.2) is 20.6 Å². The number of anilines is 2. The van der Waals surface area contributed by atoms with E-state index in [-0.39, 0.29) is 5.91 Å². The van der Waals surface area contributed by atoms with Crippen molar-refractivity contribution >= 4 is 54.6 Å². The monoisotopic (exact) mass is 374 g/mol. The summed E-state index contributed by atoms with van der Waals surface area (Å²) in [5.74, 6) is -0.297. The van der Waals surface area contributed by atoms with E-state index < -0.39 is 10.0 Å². The highest BCUT2D eigenvalue weighted by Crippen LogP contribution is 2.26. The van der Waals surface area contributed by atoms with Gasteiger partial charge in [-0.1, -0.05) is 12.1 Å². The van der Waals surface area contributed by atoms with Crippen LogP contribution in [0.2, 0.25) is 0 Å². The van der Waals surface area contributed by atoms with Crippen molar-refractivity contribution in [2.24, 2.45) is 0 Å². The third kappa shape index (κ3) is 3.81. The number of hydrogen-bond donors (Lipinski definition) is 2. The van der Waals surface area contributed by atoms with Crippen molar-refractivity contribution in [1.82, 2.24) is 0 Å². The number of carbonyl (C=O) groups excluding carboxylic acids is 1. The zero-order valence-electron chi connectivity index (χ0n) is 10.4. The number of hydrogen-bond acceptors (Lipinski definition) is 4. The highest BCUT2D eigenvalue weighted by Gasteiger charge is 2.14. The second-order valence-electron chi connectivity index (χ2n) is 3.97. The molecule has 0 saturated carbocycles. The van der Waals surface area contributed by atoms with E-state index in [2.05, 4.69) is 26.0 Å². The van der Waals surface area contributed by atoms with Crippen molar-refractivity contribution in [3.05, 3.63) is 45.1 Å². The number of benzene rings is 1. The van der Waals surface area contributed by atoms with Crippen LogP contribution in [0.5, 0.6) is 0 Å². The van der Waals surface area contributed by atoms with Gasteiger partial charge in [0.2, 0.25) is 10.0 Å². The van der Waals surface area contributed by atoms with Crippen LogP contribution in [-0.2, 0) is 10.0 Å². The van der Waals surface area contributed by atoms with E-state index in [0.717, 1.165) is 6.26 Å². The minimum absolute atomic E-state index is 0.297. The van der Waals surface area contributed by atoms with Gasteiger partial charge in [0.05, 0.1) is 17.6 Å². The third-order valence-electron chi connectivity index (χ3n) is 2.29. The molecule has 2 N–H and O–H groups in total. The summed E-state index contributed by atoms with van der Waals surface area (Å²) in [6, 6.07) is 8.39. The first kappa shape index (κ1) is 15.0. The second kappa shape index (κ2) is 5.94.